The minimum Gasteiger partial charge on any atom is -0.508 e. The van der Waals surface area contributed by atoms with Gasteiger partial charge in [0.15, 0.2) is 0 Å². The van der Waals surface area contributed by atoms with Gasteiger partial charge in [-0.2, -0.15) is 0 Å². The fourth-order valence-corrected chi connectivity index (χ4v) is 2.75. The maximum Gasteiger partial charge on any atom is 0.466 e. The van der Waals surface area contributed by atoms with Gasteiger partial charge in [-0.1, -0.05) is 68.4 Å². The van der Waals surface area contributed by atoms with Crippen LogP contribution in [0.1, 0.15) is 79.0 Å². The highest BCUT2D eigenvalue weighted by atomic mass is 31.2. The fraction of sp³-hybridized carbons (Fsp3) is 0.667. The summed E-state index contributed by atoms with van der Waals surface area (Å²) in [5, 5.41) is 10.4. The second kappa shape index (κ2) is 7.17. The summed E-state index contributed by atoms with van der Waals surface area (Å²) < 4.78 is 8.88. The number of phosphoric acid groups is 1. The molecule has 0 bridgehead atoms. The SMILES string of the molecule is CC(C)(C)c1ccc(O)c(C(C)(C)C)c1C(C)(C)C.O=P(O)(O)O. The molecular formula is C18H33O5P. The monoisotopic (exact) mass is 360 g/mol. The van der Waals surface area contributed by atoms with Crippen LogP contribution in [0.2, 0.25) is 0 Å². The van der Waals surface area contributed by atoms with Crippen LogP contribution in [0.3, 0.4) is 0 Å². The summed E-state index contributed by atoms with van der Waals surface area (Å²) >= 11 is 0. The van der Waals surface area contributed by atoms with Crippen LogP contribution in [0.5, 0.6) is 5.75 Å². The van der Waals surface area contributed by atoms with Crippen molar-refractivity contribution < 1.29 is 24.4 Å². The minimum absolute atomic E-state index is 0.0178. The van der Waals surface area contributed by atoms with Gasteiger partial charge in [0.05, 0.1) is 0 Å². The van der Waals surface area contributed by atoms with E-state index in [0.29, 0.717) is 5.75 Å². The molecule has 0 unspecified atom stereocenters. The lowest BCUT2D eigenvalue weighted by Crippen LogP contribution is -2.28. The van der Waals surface area contributed by atoms with E-state index in [9.17, 15) is 5.11 Å². The Hall–Kier alpha value is -0.870. The first kappa shape index (κ1) is 23.1. The molecule has 4 N–H and O–H groups in total. The fourth-order valence-electron chi connectivity index (χ4n) is 2.75. The van der Waals surface area contributed by atoms with E-state index in [0.717, 1.165) is 5.56 Å². The predicted molar refractivity (Wildman–Crippen MR) is 98.5 cm³/mol. The number of benzene rings is 1. The Bertz CT molecular complexity index is 602. The Morgan fingerprint density at radius 2 is 1.04 bits per heavy atom. The standard InChI is InChI=1S/C18H30O.H3O4P/c1-16(2,3)12-10-11-13(19)15(18(7,8)9)14(12)17(4,5)6;1-5(2,3)4/h10-11,19H,1-9H3;(H3,1,2,3,4). The Kier molecular flexibility index (Phi) is 6.91. The molecule has 0 aliphatic rings. The van der Waals surface area contributed by atoms with Gasteiger partial charge in [-0.15, -0.1) is 0 Å². The molecule has 0 spiro atoms. The quantitative estimate of drug-likeness (QED) is 0.516. The highest BCUT2D eigenvalue weighted by molar-refractivity contribution is 7.45. The van der Waals surface area contributed by atoms with Gasteiger partial charge < -0.3 is 19.8 Å². The van der Waals surface area contributed by atoms with Gasteiger partial charge in [0.25, 0.3) is 0 Å². The molecule has 0 amide bonds. The first-order chi connectivity index (χ1) is 10.3. The van der Waals surface area contributed by atoms with E-state index in [2.05, 4.69) is 68.4 Å². The van der Waals surface area contributed by atoms with E-state index in [-0.39, 0.29) is 16.2 Å². The lowest BCUT2D eigenvalue weighted by Gasteiger charge is -2.36. The average Bonchev–Trinajstić information content (AvgIpc) is 2.21. The molecule has 0 fully saturated rings. The van der Waals surface area contributed by atoms with E-state index >= 15 is 0 Å². The second-order valence-corrected chi connectivity index (χ2v) is 10.2. The predicted octanol–water partition coefficient (Wildman–Crippen LogP) is 4.36. The summed E-state index contributed by atoms with van der Waals surface area (Å²) in [5.74, 6) is 0.422. The Labute approximate surface area is 146 Å². The number of hydrogen-bond donors (Lipinski definition) is 4. The molecule has 0 saturated carbocycles. The Balaban J connectivity index is 0.000000922. The van der Waals surface area contributed by atoms with Crippen molar-refractivity contribution in [3.63, 3.8) is 0 Å². The van der Waals surface area contributed by atoms with Crippen LogP contribution >= 0.6 is 7.82 Å². The number of phenols is 1. The zero-order valence-electron chi connectivity index (χ0n) is 16.3. The topological polar surface area (TPSA) is 98.0 Å². The molecule has 1 rings (SSSR count). The van der Waals surface area contributed by atoms with Gasteiger partial charge in [0.2, 0.25) is 0 Å². The molecule has 1 aromatic rings. The number of rotatable bonds is 0. The van der Waals surface area contributed by atoms with Crippen molar-refractivity contribution in [3.8, 4) is 5.75 Å². The van der Waals surface area contributed by atoms with E-state index in [1.807, 2.05) is 6.07 Å². The van der Waals surface area contributed by atoms with Gasteiger partial charge in [-0.3, -0.25) is 0 Å². The Morgan fingerprint density at radius 1 is 0.708 bits per heavy atom. The van der Waals surface area contributed by atoms with Crippen LogP contribution in [0.4, 0.5) is 0 Å². The normalized spacial score (nSPS) is 13.3. The minimum atomic E-state index is -4.64. The van der Waals surface area contributed by atoms with Crippen LogP contribution < -0.4 is 0 Å². The van der Waals surface area contributed by atoms with E-state index < -0.39 is 7.82 Å². The van der Waals surface area contributed by atoms with Crippen molar-refractivity contribution in [2.24, 2.45) is 0 Å². The zero-order valence-corrected chi connectivity index (χ0v) is 17.2. The van der Waals surface area contributed by atoms with Crippen LogP contribution in [-0.4, -0.2) is 19.8 Å². The average molecular weight is 360 g/mol. The Morgan fingerprint density at radius 3 is 1.29 bits per heavy atom. The second-order valence-electron chi connectivity index (χ2n) is 9.15. The smallest absolute Gasteiger partial charge is 0.466 e. The largest absolute Gasteiger partial charge is 0.508 e. The van der Waals surface area contributed by atoms with Crippen molar-refractivity contribution in [3.05, 3.63) is 28.8 Å². The summed E-state index contributed by atoms with van der Waals surface area (Å²) in [6, 6.07) is 3.95. The number of hydrogen-bond acceptors (Lipinski definition) is 2. The summed E-state index contributed by atoms with van der Waals surface area (Å²) in [5.41, 5.74) is 3.76. The van der Waals surface area contributed by atoms with Gasteiger partial charge >= 0.3 is 7.82 Å². The molecular weight excluding hydrogens is 327 g/mol. The summed E-state index contributed by atoms with van der Waals surface area (Å²) in [6.07, 6.45) is 0. The molecule has 0 aromatic heterocycles. The summed E-state index contributed by atoms with van der Waals surface area (Å²) in [4.78, 5) is 21.6. The van der Waals surface area contributed by atoms with Crippen molar-refractivity contribution in [1.29, 1.82) is 0 Å². The molecule has 0 atom stereocenters. The van der Waals surface area contributed by atoms with Crippen LogP contribution in [-0.2, 0) is 20.8 Å². The van der Waals surface area contributed by atoms with Crippen LogP contribution in [0.15, 0.2) is 12.1 Å². The first-order valence-corrected chi connectivity index (χ1v) is 9.48. The van der Waals surface area contributed by atoms with Crippen molar-refractivity contribution in [2.45, 2.75) is 78.6 Å². The third kappa shape index (κ3) is 7.35. The zero-order chi connectivity index (χ0) is 19.7. The third-order valence-corrected chi connectivity index (χ3v) is 3.49. The van der Waals surface area contributed by atoms with Gasteiger partial charge in [0.1, 0.15) is 5.75 Å². The molecule has 140 valence electrons. The van der Waals surface area contributed by atoms with Crippen LogP contribution in [0, 0.1) is 0 Å². The lowest BCUT2D eigenvalue weighted by molar-refractivity contribution is 0.275. The molecule has 0 saturated heterocycles. The number of phenolic OH excluding ortho intramolecular Hbond substituents is 1. The molecule has 1 aromatic carbocycles. The molecule has 0 radical (unpaired) electrons. The van der Waals surface area contributed by atoms with Gasteiger partial charge in [-0.25, -0.2) is 4.57 Å². The maximum atomic E-state index is 10.4. The molecule has 0 aliphatic carbocycles. The van der Waals surface area contributed by atoms with Gasteiger partial charge in [-0.05, 0) is 33.4 Å². The summed E-state index contributed by atoms with van der Waals surface area (Å²) in [7, 11) is -4.64. The molecule has 5 nitrogen and oxygen atoms in total. The third-order valence-electron chi connectivity index (χ3n) is 3.49. The number of aromatic hydroxyl groups is 1. The van der Waals surface area contributed by atoms with Crippen LogP contribution in [0.25, 0.3) is 0 Å². The van der Waals surface area contributed by atoms with E-state index in [1.54, 1.807) is 0 Å². The van der Waals surface area contributed by atoms with Gasteiger partial charge in [0, 0.05) is 5.56 Å². The summed E-state index contributed by atoms with van der Waals surface area (Å²) in [6.45, 7) is 19.9. The molecule has 6 heteroatoms. The van der Waals surface area contributed by atoms with E-state index in [4.69, 9.17) is 19.2 Å². The molecule has 24 heavy (non-hydrogen) atoms. The van der Waals surface area contributed by atoms with Crippen molar-refractivity contribution in [2.75, 3.05) is 0 Å². The highest BCUT2D eigenvalue weighted by Gasteiger charge is 2.33. The highest BCUT2D eigenvalue weighted by Crippen LogP contribution is 2.44. The lowest BCUT2D eigenvalue weighted by atomic mass is 9.68. The molecule has 0 aliphatic heterocycles. The van der Waals surface area contributed by atoms with Crippen molar-refractivity contribution >= 4 is 7.82 Å². The van der Waals surface area contributed by atoms with E-state index in [1.165, 1.54) is 11.1 Å². The first-order valence-electron chi connectivity index (χ1n) is 7.92. The maximum absolute atomic E-state index is 10.4. The van der Waals surface area contributed by atoms with Crippen molar-refractivity contribution in [1.82, 2.24) is 0 Å². The molecule has 0 heterocycles.